The van der Waals surface area contributed by atoms with Gasteiger partial charge in [-0.2, -0.15) is 46.6 Å². The van der Waals surface area contributed by atoms with Crippen LogP contribution in [0.4, 0.5) is 22.7 Å². The Labute approximate surface area is 364 Å². The number of hydrogen-bond donors (Lipinski definition) is 4. The maximum absolute atomic E-state index is 12.2. The fraction of sp³-hybridized carbons (Fsp3) is 0.270. The van der Waals surface area contributed by atoms with E-state index in [0.29, 0.717) is 22.5 Å². The van der Waals surface area contributed by atoms with Gasteiger partial charge in [-0.1, -0.05) is 36.8 Å². The third kappa shape index (κ3) is 11.9. The number of hydrogen-bond acceptors (Lipinski definition) is 12. The van der Waals surface area contributed by atoms with Gasteiger partial charge in [0.05, 0.1) is 36.3 Å². The Hall–Kier alpha value is -3.61. The van der Waals surface area contributed by atoms with E-state index in [1.807, 2.05) is 71.9 Å². The van der Waals surface area contributed by atoms with Crippen LogP contribution < -0.4 is 16.5 Å². The number of halogens is 1. The third-order valence-electron chi connectivity index (χ3n) is 7.49. The summed E-state index contributed by atoms with van der Waals surface area (Å²) in [6.07, 6.45) is 0. The molecule has 5 aromatic rings. The molecule has 13 nitrogen and oxygen atoms in total. The number of Topliss-reactive ketones (excluding diaryl/α,β-unsaturated/α-hetero) is 1. The second-order valence-corrected chi connectivity index (χ2v) is 11.9. The number of carbonyl (C=O) groups excluding carboxylic acids is 3. The number of ketones is 1. The van der Waals surface area contributed by atoms with Crippen molar-refractivity contribution >= 4 is 68.8 Å². The van der Waals surface area contributed by atoms with E-state index in [1.54, 1.807) is 13.0 Å². The van der Waals surface area contributed by atoms with Gasteiger partial charge in [0.2, 0.25) is 0 Å². The fourth-order valence-corrected chi connectivity index (χ4v) is 4.84. The molecule has 0 atom stereocenters. The minimum Gasteiger partial charge on any atom is -0.464 e. The Balaban J connectivity index is 0.000000455. The van der Waals surface area contributed by atoms with Crippen molar-refractivity contribution in [3.05, 3.63) is 98.6 Å². The Bertz CT molecular complexity index is 2120. The molecule has 274 valence electrons. The van der Waals surface area contributed by atoms with Crippen molar-refractivity contribution in [3.63, 3.8) is 0 Å². The molecular formula is C37H41ClN8O5Y2-2. The summed E-state index contributed by atoms with van der Waals surface area (Å²) in [5.74, 6) is 3.31. The zero-order chi connectivity index (χ0) is 38.0. The summed E-state index contributed by atoms with van der Waals surface area (Å²) >= 11 is 6.24. The number of nitrogens with one attached hydrogen (secondary N) is 3. The zero-order valence-corrected chi connectivity index (χ0v) is 37.8. The molecule has 0 aliphatic carbocycles. The number of carbonyl (C=O) groups is 3. The van der Waals surface area contributed by atoms with Gasteiger partial charge in [-0.15, -0.1) is 23.3 Å². The van der Waals surface area contributed by atoms with Crippen LogP contribution in [-0.2, 0) is 74.9 Å². The molecule has 5 rings (SSSR count). The number of anilines is 4. The molecule has 3 aromatic heterocycles. The molecule has 0 saturated carbocycles. The predicted octanol–water partition coefficient (Wildman–Crippen LogP) is 7.43. The van der Waals surface area contributed by atoms with Crippen molar-refractivity contribution in [3.8, 4) is 0 Å². The molecule has 0 amide bonds. The molecule has 0 aliphatic heterocycles. The third-order valence-corrected chi connectivity index (χ3v) is 7.95. The SMILES string of the molecule is CC(C)=NN.COC(=O)c1nc(C(C)=O)c(Cl)c(C)c1Nc1cc[c-]cc1C.COC(=O)c1nc2c(C)[nH]nc2c(C)c1Nc1cc[c-]cc1C.[Y].[Y]. The molecule has 0 fully saturated rings. The molecular weight excluding hydrogens is 850 g/mol. The molecule has 5 N–H and O–H groups in total. The number of aryl methyl sites for hydroxylation is 4. The molecule has 3 heterocycles. The van der Waals surface area contributed by atoms with Crippen molar-refractivity contribution in [1.82, 2.24) is 20.2 Å². The summed E-state index contributed by atoms with van der Waals surface area (Å²) in [6.45, 7) is 14.4. The first-order valence-electron chi connectivity index (χ1n) is 15.6. The van der Waals surface area contributed by atoms with Crippen LogP contribution in [0.2, 0.25) is 5.02 Å². The maximum atomic E-state index is 12.2. The van der Waals surface area contributed by atoms with Crippen molar-refractivity contribution in [2.75, 3.05) is 24.9 Å². The summed E-state index contributed by atoms with van der Waals surface area (Å²) in [5, 5.41) is 17.2. The zero-order valence-electron chi connectivity index (χ0n) is 31.4. The molecule has 0 saturated heterocycles. The normalized spacial score (nSPS) is 9.79. The number of nitrogens with two attached hydrogens (primary N) is 1. The number of H-pyrrole nitrogens is 1. The summed E-state index contributed by atoms with van der Waals surface area (Å²) in [5.41, 5.74) is 9.47. The summed E-state index contributed by atoms with van der Waals surface area (Å²) < 4.78 is 9.66. The first kappa shape index (κ1) is 47.4. The average molecular weight is 891 g/mol. The fourth-order valence-electron chi connectivity index (χ4n) is 4.57. The molecule has 0 unspecified atom stereocenters. The number of aromatic nitrogens is 4. The smallest absolute Gasteiger partial charge is 0.358 e. The van der Waals surface area contributed by atoms with Gasteiger partial charge in [-0.25, -0.2) is 19.6 Å². The van der Waals surface area contributed by atoms with Crippen molar-refractivity contribution in [2.45, 2.75) is 55.4 Å². The van der Waals surface area contributed by atoms with E-state index in [0.717, 1.165) is 45.0 Å². The monoisotopic (exact) mass is 890 g/mol. The van der Waals surface area contributed by atoms with Crippen molar-refractivity contribution in [2.24, 2.45) is 10.9 Å². The van der Waals surface area contributed by atoms with E-state index in [4.69, 9.17) is 26.9 Å². The first-order chi connectivity index (χ1) is 24.2. The predicted molar refractivity (Wildman–Crippen MR) is 200 cm³/mol. The summed E-state index contributed by atoms with van der Waals surface area (Å²) in [7, 11) is 2.60. The van der Waals surface area contributed by atoms with Gasteiger partial charge in [0.25, 0.3) is 0 Å². The Kier molecular flexibility index (Phi) is 19.6. The van der Waals surface area contributed by atoms with Crippen LogP contribution >= 0.6 is 11.6 Å². The Morgan fingerprint density at radius 1 is 0.774 bits per heavy atom. The van der Waals surface area contributed by atoms with Crippen LogP contribution in [0, 0.1) is 46.8 Å². The number of rotatable bonds is 7. The minimum atomic E-state index is -0.644. The van der Waals surface area contributed by atoms with E-state index in [1.165, 1.54) is 21.1 Å². The van der Waals surface area contributed by atoms with Gasteiger partial charge in [0, 0.05) is 83.6 Å². The topological polar surface area (TPSA) is 187 Å². The van der Waals surface area contributed by atoms with Crippen molar-refractivity contribution < 1.29 is 89.3 Å². The number of ether oxygens (including phenoxy) is 2. The van der Waals surface area contributed by atoms with Crippen LogP contribution in [0.5, 0.6) is 0 Å². The molecule has 16 heteroatoms. The molecule has 2 aromatic carbocycles. The minimum absolute atomic E-state index is 0. The number of methoxy groups -OCH3 is 2. The number of pyridine rings is 2. The quantitative estimate of drug-likeness (QED) is 0.0318. The van der Waals surface area contributed by atoms with Crippen LogP contribution in [0.3, 0.4) is 0 Å². The van der Waals surface area contributed by atoms with E-state index < -0.39 is 11.9 Å². The van der Waals surface area contributed by atoms with Gasteiger partial charge in [-0.05, 0) is 40.2 Å². The van der Waals surface area contributed by atoms with Crippen LogP contribution in [0.15, 0.2) is 41.5 Å². The van der Waals surface area contributed by atoms with Crippen LogP contribution in [0.25, 0.3) is 11.0 Å². The Morgan fingerprint density at radius 3 is 1.64 bits per heavy atom. The largest absolute Gasteiger partial charge is 0.464 e. The number of benzene rings is 2. The molecule has 0 bridgehead atoms. The summed E-state index contributed by atoms with van der Waals surface area (Å²) in [6, 6.07) is 17.0. The summed E-state index contributed by atoms with van der Waals surface area (Å²) in [4.78, 5) is 44.5. The van der Waals surface area contributed by atoms with Gasteiger partial charge in [0.1, 0.15) is 16.7 Å². The van der Waals surface area contributed by atoms with Gasteiger partial charge in [0.15, 0.2) is 17.2 Å². The van der Waals surface area contributed by atoms with Gasteiger partial charge < -0.3 is 25.9 Å². The van der Waals surface area contributed by atoms with E-state index in [2.05, 4.69) is 48.0 Å². The number of esters is 2. The maximum Gasteiger partial charge on any atom is 0.358 e. The van der Waals surface area contributed by atoms with Crippen molar-refractivity contribution in [1.29, 1.82) is 0 Å². The first-order valence-corrected chi connectivity index (χ1v) is 16.0. The second kappa shape index (κ2) is 21.9. The standard InChI is InChI=1S/C17H16ClN2O3.C17H17N4O2.C3H8N2.2Y/c1-9-7-5-6-8-12(9)19-14-10(2)13(18)15(11(3)21)20-16(14)17(22)23-4;1-9-7-5-6-8-12(9)18-13-10(2)14-15(11(3)20-21-14)19-16(13)17(22)23-4;1-3(2)5-4;;/h6-8,19H,1-4H3;6-8,18H,1-4H3,(H,20,21);4H2,1-2H3;;/q2*-1;;;. The molecule has 0 aliphatic rings. The Morgan fingerprint density at radius 2 is 1.23 bits per heavy atom. The van der Waals surface area contributed by atoms with Crippen LogP contribution in [-0.4, -0.2) is 57.8 Å². The molecule has 53 heavy (non-hydrogen) atoms. The van der Waals surface area contributed by atoms with E-state index in [-0.39, 0.29) is 93.3 Å². The van der Waals surface area contributed by atoms with E-state index >= 15 is 0 Å². The number of nitrogens with zero attached hydrogens (tertiary/aromatic N) is 4. The number of hydrazone groups is 1. The average Bonchev–Trinajstić information content (AvgIpc) is 3.49. The molecule has 0 spiro atoms. The second-order valence-electron chi connectivity index (χ2n) is 11.5. The van der Waals surface area contributed by atoms with Gasteiger partial charge >= 0.3 is 11.9 Å². The number of fused-ring (bicyclic) bond motifs is 1. The molecule has 2 radical (unpaired) electrons. The van der Waals surface area contributed by atoms with E-state index in [9.17, 15) is 14.4 Å². The van der Waals surface area contributed by atoms with Gasteiger partial charge in [-0.3, -0.25) is 9.89 Å². The number of aromatic amines is 1. The van der Waals surface area contributed by atoms with Crippen LogP contribution in [0.1, 0.15) is 80.2 Å².